The molecule has 78 valence electrons. The molecule has 1 rings (SSSR count). The molecule has 0 saturated heterocycles. The molecule has 0 aliphatic heterocycles. The molecule has 0 aliphatic rings. The zero-order valence-electron chi connectivity index (χ0n) is 6.65. The Bertz CT molecular complexity index is 320. The molecule has 6 heteroatoms. The Morgan fingerprint density at radius 2 is 1.86 bits per heavy atom. The quantitative estimate of drug-likeness (QED) is 0.836. The van der Waals surface area contributed by atoms with E-state index in [0.717, 1.165) is 6.07 Å². The van der Waals surface area contributed by atoms with Gasteiger partial charge < -0.3 is 5.11 Å². The van der Waals surface area contributed by atoms with E-state index in [1.807, 2.05) is 0 Å². The van der Waals surface area contributed by atoms with E-state index >= 15 is 0 Å². The maximum Gasteiger partial charge on any atom is 0.418 e. The summed E-state index contributed by atoms with van der Waals surface area (Å²) in [5, 5.41) is 9.04. The molecular formula is C8H5BrClF3O. The van der Waals surface area contributed by atoms with Crippen LogP contribution >= 0.6 is 27.5 Å². The van der Waals surface area contributed by atoms with Crippen molar-refractivity contribution in [1.29, 1.82) is 0 Å². The largest absolute Gasteiger partial charge is 0.418 e. The fourth-order valence-corrected chi connectivity index (χ4v) is 1.81. The maximum atomic E-state index is 12.1. The highest BCUT2D eigenvalue weighted by atomic mass is 79.9. The standard InChI is InChI=1S/C8H5BrClF3O/c9-5-1-4(2-6(10)3-5)7(14)8(11,12)13/h1-3,7,14H/t7-/m1/s1. The van der Waals surface area contributed by atoms with Gasteiger partial charge in [0.05, 0.1) is 0 Å². The molecule has 1 aromatic rings. The van der Waals surface area contributed by atoms with E-state index in [1.54, 1.807) is 0 Å². The van der Waals surface area contributed by atoms with Crippen molar-refractivity contribution in [2.24, 2.45) is 0 Å². The van der Waals surface area contributed by atoms with Gasteiger partial charge in [0.25, 0.3) is 0 Å². The van der Waals surface area contributed by atoms with E-state index in [9.17, 15) is 13.2 Å². The second-order valence-corrected chi connectivity index (χ2v) is 4.00. The van der Waals surface area contributed by atoms with Gasteiger partial charge in [0, 0.05) is 9.50 Å². The first kappa shape index (κ1) is 11.8. The number of benzene rings is 1. The Morgan fingerprint density at radius 1 is 1.29 bits per heavy atom. The fourth-order valence-electron chi connectivity index (χ4n) is 0.922. The molecule has 14 heavy (non-hydrogen) atoms. The van der Waals surface area contributed by atoms with Crippen molar-refractivity contribution >= 4 is 27.5 Å². The topological polar surface area (TPSA) is 20.2 Å². The van der Waals surface area contributed by atoms with E-state index in [-0.39, 0.29) is 10.6 Å². The second-order valence-electron chi connectivity index (χ2n) is 2.65. The predicted octanol–water partition coefficient (Wildman–Crippen LogP) is 3.70. The van der Waals surface area contributed by atoms with E-state index < -0.39 is 12.3 Å². The monoisotopic (exact) mass is 288 g/mol. The summed E-state index contributed by atoms with van der Waals surface area (Å²) in [6.45, 7) is 0. The summed E-state index contributed by atoms with van der Waals surface area (Å²) in [6, 6.07) is 3.68. The van der Waals surface area contributed by atoms with Crippen LogP contribution in [-0.2, 0) is 0 Å². The summed E-state index contributed by atoms with van der Waals surface area (Å²) < 4.78 is 36.7. The van der Waals surface area contributed by atoms with Crippen LogP contribution in [0.15, 0.2) is 22.7 Å². The minimum atomic E-state index is -4.68. The van der Waals surface area contributed by atoms with E-state index in [0.29, 0.717) is 4.47 Å². The lowest BCUT2D eigenvalue weighted by Crippen LogP contribution is -2.20. The first-order chi connectivity index (χ1) is 6.30. The van der Waals surface area contributed by atoms with Crippen LogP contribution in [0.2, 0.25) is 5.02 Å². The Morgan fingerprint density at radius 3 is 2.29 bits per heavy atom. The van der Waals surface area contributed by atoms with Gasteiger partial charge >= 0.3 is 6.18 Å². The van der Waals surface area contributed by atoms with Crippen LogP contribution in [0.5, 0.6) is 0 Å². The summed E-state index contributed by atoms with van der Waals surface area (Å²) in [6.07, 6.45) is -7.18. The zero-order valence-corrected chi connectivity index (χ0v) is 8.99. The predicted molar refractivity (Wildman–Crippen MR) is 50.2 cm³/mol. The molecule has 1 nitrogen and oxygen atoms in total. The Balaban J connectivity index is 3.07. The van der Waals surface area contributed by atoms with Crippen molar-refractivity contribution in [3.05, 3.63) is 33.3 Å². The SMILES string of the molecule is O[C@H](c1cc(Cl)cc(Br)c1)C(F)(F)F. The molecule has 0 heterocycles. The minimum Gasteiger partial charge on any atom is -0.379 e. The molecule has 0 aliphatic carbocycles. The van der Waals surface area contributed by atoms with Crippen LogP contribution in [-0.4, -0.2) is 11.3 Å². The molecule has 0 unspecified atom stereocenters. The number of aliphatic hydroxyl groups excluding tert-OH is 1. The Labute approximate surface area is 91.6 Å². The number of hydrogen-bond donors (Lipinski definition) is 1. The lowest BCUT2D eigenvalue weighted by Gasteiger charge is -2.15. The van der Waals surface area contributed by atoms with Gasteiger partial charge in [0.1, 0.15) is 0 Å². The number of hydrogen-bond acceptors (Lipinski definition) is 1. The van der Waals surface area contributed by atoms with Gasteiger partial charge in [-0.2, -0.15) is 13.2 Å². The molecule has 0 bridgehead atoms. The normalized spacial score (nSPS) is 14.1. The highest BCUT2D eigenvalue weighted by Gasteiger charge is 2.39. The maximum absolute atomic E-state index is 12.1. The minimum absolute atomic E-state index is 0.137. The summed E-state index contributed by atoms with van der Waals surface area (Å²) in [5.74, 6) is 0. The van der Waals surface area contributed by atoms with Crippen LogP contribution in [0.3, 0.4) is 0 Å². The third-order valence-corrected chi connectivity index (χ3v) is 2.19. The summed E-state index contributed by atoms with van der Waals surface area (Å²) in [4.78, 5) is 0. The Kier molecular flexibility index (Phi) is 3.44. The first-order valence-corrected chi connectivity index (χ1v) is 4.68. The van der Waals surface area contributed by atoms with Gasteiger partial charge in [-0.15, -0.1) is 0 Å². The fraction of sp³-hybridized carbons (Fsp3) is 0.250. The van der Waals surface area contributed by atoms with Gasteiger partial charge in [-0.3, -0.25) is 0 Å². The average Bonchev–Trinajstić information content (AvgIpc) is 1.99. The molecule has 0 spiro atoms. The number of aliphatic hydroxyl groups is 1. The van der Waals surface area contributed by atoms with Gasteiger partial charge in [0.2, 0.25) is 0 Å². The average molecular weight is 289 g/mol. The Hall–Kier alpha value is -0.260. The van der Waals surface area contributed by atoms with Gasteiger partial charge in [-0.05, 0) is 23.8 Å². The highest BCUT2D eigenvalue weighted by Crippen LogP contribution is 2.34. The van der Waals surface area contributed by atoms with Crippen LogP contribution in [0.4, 0.5) is 13.2 Å². The third kappa shape index (κ3) is 2.87. The molecule has 1 N–H and O–H groups in total. The summed E-state index contributed by atoms with van der Waals surface area (Å²) in [7, 11) is 0. The van der Waals surface area contributed by atoms with Crippen molar-refractivity contribution in [3.63, 3.8) is 0 Å². The van der Waals surface area contributed by atoms with Crippen LogP contribution in [0, 0.1) is 0 Å². The van der Waals surface area contributed by atoms with Crippen molar-refractivity contribution < 1.29 is 18.3 Å². The smallest absolute Gasteiger partial charge is 0.379 e. The zero-order chi connectivity index (χ0) is 10.9. The van der Waals surface area contributed by atoms with Crippen molar-refractivity contribution in [2.75, 3.05) is 0 Å². The lowest BCUT2D eigenvalue weighted by atomic mass is 10.1. The molecule has 0 amide bonds. The first-order valence-electron chi connectivity index (χ1n) is 3.51. The number of alkyl halides is 3. The molecule has 1 atom stereocenters. The van der Waals surface area contributed by atoms with Crippen molar-refractivity contribution in [2.45, 2.75) is 12.3 Å². The van der Waals surface area contributed by atoms with Gasteiger partial charge in [-0.25, -0.2) is 0 Å². The summed E-state index contributed by atoms with van der Waals surface area (Å²) >= 11 is 8.52. The number of halogens is 5. The van der Waals surface area contributed by atoms with E-state index in [2.05, 4.69) is 15.9 Å². The van der Waals surface area contributed by atoms with Gasteiger partial charge in [0.15, 0.2) is 6.10 Å². The van der Waals surface area contributed by atoms with Gasteiger partial charge in [-0.1, -0.05) is 27.5 Å². The van der Waals surface area contributed by atoms with E-state index in [4.69, 9.17) is 16.7 Å². The second kappa shape index (κ2) is 4.08. The molecule has 0 fully saturated rings. The van der Waals surface area contributed by atoms with Crippen LogP contribution < -0.4 is 0 Å². The molecule has 0 aromatic heterocycles. The molecule has 0 saturated carbocycles. The van der Waals surface area contributed by atoms with E-state index in [1.165, 1.54) is 12.1 Å². The summed E-state index contributed by atoms with van der Waals surface area (Å²) in [5.41, 5.74) is -0.281. The molecule has 0 radical (unpaired) electrons. The molecule has 1 aromatic carbocycles. The number of rotatable bonds is 1. The van der Waals surface area contributed by atoms with Crippen LogP contribution in [0.1, 0.15) is 11.7 Å². The highest BCUT2D eigenvalue weighted by molar-refractivity contribution is 9.10. The third-order valence-electron chi connectivity index (χ3n) is 1.51. The van der Waals surface area contributed by atoms with Crippen molar-refractivity contribution in [3.8, 4) is 0 Å². The lowest BCUT2D eigenvalue weighted by molar-refractivity contribution is -0.206. The van der Waals surface area contributed by atoms with Crippen LogP contribution in [0.25, 0.3) is 0 Å². The van der Waals surface area contributed by atoms with Crippen molar-refractivity contribution in [1.82, 2.24) is 0 Å². The molecular weight excluding hydrogens is 284 g/mol.